The number of carbonyl (C=O) groups is 1. The zero-order valence-corrected chi connectivity index (χ0v) is 10.5. The molecule has 0 radical (unpaired) electrons. The number of H-pyrrole nitrogens is 1. The molecule has 0 atom stereocenters. The minimum absolute atomic E-state index is 0.00167. The third kappa shape index (κ3) is 1.58. The Bertz CT molecular complexity index is 430. The maximum atomic E-state index is 12.2. The largest absolute Gasteiger partial charge is 0.345 e. The van der Waals surface area contributed by atoms with Gasteiger partial charge in [0.1, 0.15) is 5.69 Å². The molecule has 1 aromatic heterocycles. The minimum atomic E-state index is -0.00167. The molecule has 4 bridgehead atoms. The molecular formula is C14H19N3O. The molecule has 4 heteroatoms. The van der Waals surface area contributed by atoms with Crippen LogP contribution in [0.2, 0.25) is 0 Å². The fourth-order valence-corrected chi connectivity index (χ4v) is 4.96. The topological polar surface area (TPSA) is 57.8 Å². The molecule has 2 N–H and O–H groups in total. The summed E-state index contributed by atoms with van der Waals surface area (Å²) < 4.78 is 0. The van der Waals surface area contributed by atoms with Gasteiger partial charge in [-0.05, 0) is 62.3 Å². The number of aromatic nitrogens is 2. The molecule has 96 valence electrons. The lowest BCUT2D eigenvalue weighted by molar-refractivity contribution is -0.0167. The van der Waals surface area contributed by atoms with Crippen molar-refractivity contribution in [2.75, 3.05) is 0 Å². The van der Waals surface area contributed by atoms with E-state index in [1.807, 2.05) is 0 Å². The summed E-state index contributed by atoms with van der Waals surface area (Å²) in [5, 5.41) is 9.99. The lowest BCUT2D eigenvalue weighted by Crippen LogP contribution is -2.59. The zero-order chi connectivity index (χ0) is 12.2. The van der Waals surface area contributed by atoms with E-state index in [-0.39, 0.29) is 11.4 Å². The van der Waals surface area contributed by atoms with Gasteiger partial charge in [0.25, 0.3) is 5.91 Å². The second-order valence-electron chi connectivity index (χ2n) is 6.61. The van der Waals surface area contributed by atoms with Crippen LogP contribution in [0.5, 0.6) is 0 Å². The van der Waals surface area contributed by atoms with Crippen LogP contribution in [0.4, 0.5) is 0 Å². The monoisotopic (exact) mass is 245 g/mol. The summed E-state index contributed by atoms with van der Waals surface area (Å²) in [4.78, 5) is 12.2. The molecule has 0 saturated heterocycles. The average Bonchev–Trinajstić information content (AvgIpc) is 2.79. The smallest absolute Gasteiger partial charge is 0.272 e. The molecule has 4 saturated carbocycles. The number of hydrogen-bond donors (Lipinski definition) is 2. The van der Waals surface area contributed by atoms with E-state index in [1.54, 1.807) is 12.3 Å². The van der Waals surface area contributed by atoms with E-state index in [4.69, 9.17) is 0 Å². The molecule has 0 unspecified atom stereocenters. The third-order valence-corrected chi connectivity index (χ3v) is 5.15. The van der Waals surface area contributed by atoms with Crippen LogP contribution in [0.15, 0.2) is 12.3 Å². The maximum Gasteiger partial charge on any atom is 0.272 e. The van der Waals surface area contributed by atoms with E-state index in [1.165, 1.54) is 38.5 Å². The Hall–Kier alpha value is -1.32. The highest BCUT2D eigenvalue weighted by atomic mass is 16.2. The lowest BCUT2D eigenvalue weighted by Gasteiger charge is -2.56. The molecule has 5 rings (SSSR count). The first-order chi connectivity index (χ1) is 8.72. The van der Waals surface area contributed by atoms with Crippen LogP contribution in [-0.2, 0) is 0 Å². The van der Waals surface area contributed by atoms with Crippen molar-refractivity contribution in [1.29, 1.82) is 0 Å². The quantitative estimate of drug-likeness (QED) is 0.838. The van der Waals surface area contributed by atoms with E-state index in [0.717, 1.165) is 17.8 Å². The summed E-state index contributed by atoms with van der Waals surface area (Å²) in [6.07, 6.45) is 9.47. The standard InChI is InChI=1S/C14H19N3O/c18-13(12-1-2-15-17-12)16-14-6-9-3-10(7-14)5-11(4-9)8-14/h1-2,9-11H,3-8H2,(H,15,17)(H,16,18). The van der Waals surface area contributed by atoms with E-state index in [0.29, 0.717) is 5.69 Å². The summed E-state index contributed by atoms with van der Waals surface area (Å²) in [5.74, 6) is 2.57. The zero-order valence-electron chi connectivity index (χ0n) is 10.5. The Morgan fingerprint density at radius 2 is 1.83 bits per heavy atom. The summed E-state index contributed by atoms with van der Waals surface area (Å²) in [7, 11) is 0. The molecule has 4 nitrogen and oxygen atoms in total. The minimum Gasteiger partial charge on any atom is -0.345 e. The molecule has 4 aliphatic rings. The van der Waals surface area contributed by atoms with Crippen LogP contribution in [0.1, 0.15) is 49.0 Å². The van der Waals surface area contributed by atoms with Crippen molar-refractivity contribution in [2.45, 2.75) is 44.1 Å². The summed E-state index contributed by atoms with van der Waals surface area (Å²) in [6, 6.07) is 1.75. The molecule has 0 aromatic carbocycles. The van der Waals surface area contributed by atoms with E-state index >= 15 is 0 Å². The number of hydrogen-bond acceptors (Lipinski definition) is 2. The Balaban J connectivity index is 1.56. The molecule has 1 amide bonds. The second kappa shape index (κ2) is 3.59. The molecular weight excluding hydrogens is 226 g/mol. The Morgan fingerprint density at radius 3 is 2.33 bits per heavy atom. The molecule has 0 spiro atoms. The molecule has 1 heterocycles. The molecule has 1 aromatic rings. The van der Waals surface area contributed by atoms with Crippen molar-refractivity contribution in [3.05, 3.63) is 18.0 Å². The maximum absolute atomic E-state index is 12.2. The molecule has 18 heavy (non-hydrogen) atoms. The SMILES string of the molecule is O=C(NC12CC3CC(CC(C3)C1)C2)c1cc[nH]n1. The Morgan fingerprint density at radius 1 is 1.22 bits per heavy atom. The van der Waals surface area contributed by atoms with Gasteiger partial charge in [-0.25, -0.2) is 0 Å². The van der Waals surface area contributed by atoms with Gasteiger partial charge in [-0.1, -0.05) is 0 Å². The predicted molar refractivity (Wildman–Crippen MR) is 67.0 cm³/mol. The van der Waals surface area contributed by atoms with Gasteiger partial charge in [-0.3, -0.25) is 9.89 Å². The molecule has 4 aliphatic carbocycles. The van der Waals surface area contributed by atoms with Gasteiger partial charge in [0.15, 0.2) is 0 Å². The van der Waals surface area contributed by atoms with E-state index in [9.17, 15) is 4.79 Å². The number of nitrogens with zero attached hydrogens (tertiary/aromatic N) is 1. The molecule has 4 fully saturated rings. The van der Waals surface area contributed by atoms with Crippen molar-refractivity contribution in [1.82, 2.24) is 15.5 Å². The highest BCUT2D eigenvalue weighted by Crippen LogP contribution is 2.55. The number of nitrogens with one attached hydrogen (secondary N) is 2. The van der Waals surface area contributed by atoms with Gasteiger partial charge >= 0.3 is 0 Å². The average molecular weight is 245 g/mol. The van der Waals surface area contributed by atoms with Gasteiger partial charge < -0.3 is 5.32 Å². The van der Waals surface area contributed by atoms with Crippen LogP contribution < -0.4 is 5.32 Å². The fourth-order valence-electron chi connectivity index (χ4n) is 4.96. The van der Waals surface area contributed by atoms with Crippen molar-refractivity contribution >= 4 is 5.91 Å². The van der Waals surface area contributed by atoms with Gasteiger partial charge in [-0.2, -0.15) is 5.10 Å². The normalized spacial score (nSPS) is 41.0. The van der Waals surface area contributed by atoms with Crippen LogP contribution in [0.3, 0.4) is 0 Å². The van der Waals surface area contributed by atoms with Crippen LogP contribution >= 0.6 is 0 Å². The van der Waals surface area contributed by atoms with Crippen molar-refractivity contribution in [3.63, 3.8) is 0 Å². The van der Waals surface area contributed by atoms with Gasteiger partial charge in [0, 0.05) is 11.7 Å². The van der Waals surface area contributed by atoms with Crippen molar-refractivity contribution in [2.24, 2.45) is 17.8 Å². The van der Waals surface area contributed by atoms with Gasteiger partial charge in [0.05, 0.1) is 0 Å². The number of carbonyl (C=O) groups excluding carboxylic acids is 1. The van der Waals surface area contributed by atoms with Crippen LogP contribution in [0, 0.1) is 17.8 Å². The second-order valence-corrected chi connectivity index (χ2v) is 6.61. The van der Waals surface area contributed by atoms with Crippen LogP contribution in [-0.4, -0.2) is 21.6 Å². The first-order valence-electron chi connectivity index (χ1n) is 7.05. The van der Waals surface area contributed by atoms with Gasteiger partial charge in [-0.15, -0.1) is 0 Å². The van der Waals surface area contributed by atoms with E-state index in [2.05, 4.69) is 15.5 Å². The summed E-state index contributed by atoms with van der Waals surface area (Å²) in [6.45, 7) is 0. The molecule has 0 aliphatic heterocycles. The third-order valence-electron chi connectivity index (χ3n) is 5.15. The lowest BCUT2D eigenvalue weighted by atomic mass is 9.53. The number of aromatic amines is 1. The first kappa shape index (κ1) is 10.6. The first-order valence-corrected chi connectivity index (χ1v) is 7.05. The fraction of sp³-hybridized carbons (Fsp3) is 0.714. The van der Waals surface area contributed by atoms with Crippen molar-refractivity contribution < 1.29 is 4.79 Å². The van der Waals surface area contributed by atoms with E-state index < -0.39 is 0 Å². The predicted octanol–water partition coefficient (Wildman–Crippen LogP) is 2.11. The summed E-state index contributed by atoms with van der Waals surface area (Å²) >= 11 is 0. The van der Waals surface area contributed by atoms with Gasteiger partial charge in [0.2, 0.25) is 0 Å². The number of amides is 1. The summed E-state index contributed by atoms with van der Waals surface area (Å²) in [5.41, 5.74) is 0.607. The van der Waals surface area contributed by atoms with Crippen molar-refractivity contribution in [3.8, 4) is 0 Å². The Kier molecular flexibility index (Phi) is 2.11. The highest BCUT2D eigenvalue weighted by molar-refractivity contribution is 5.92. The highest BCUT2D eigenvalue weighted by Gasteiger charge is 2.51. The number of rotatable bonds is 2. The Labute approximate surface area is 107 Å². The van der Waals surface area contributed by atoms with Crippen LogP contribution in [0.25, 0.3) is 0 Å².